The van der Waals surface area contributed by atoms with Gasteiger partial charge in [0, 0.05) is 18.1 Å². The van der Waals surface area contributed by atoms with E-state index in [9.17, 15) is 4.79 Å². The lowest BCUT2D eigenvalue weighted by Crippen LogP contribution is -2.18. The van der Waals surface area contributed by atoms with Crippen molar-refractivity contribution in [2.45, 2.75) is 6.92 Å². The first-order chi connectivity index (χ1) is 13.2. The number of hydrogen-bond acceptors (Lipinski definition) is 6. The van der Waals surface area contributed by atoms with E-state index in [1.807, 2.05) is 31.2 Å². The van der Waals surface area contributed by atoms with Gasteiger partial charge < -0.3 is 5.32 Å². The summed E-state index contributed by atoms with van der Waals surface area (Å²) in [6, 6.07) is 12.5. The van der Waals surface area contributed by atoms with Crippen LogP contribution in [0.5, 0.6) is 0 Å². The number of hydrogen-bond donors (Lipinski definition) is 1. The first kappa shape index (κ1) is 16.5. The van der Waals surface area contributed by atoms with Crippen LogP contribution in [0.25, 0.3) is 17.2 Å². The lowest BCUT2D eigenvalue weighted by molar-refractivity contribution is 0.101. The third-order valence-corrected chi connectivity index (χ3v) is 3.78. The molecule has 8 nitrogen and oxygen atoms in total. The Bertz CT molecular complexity index is 1090. The maximum absolute atomic E-state index is 12.7. The molecule has 132 valence electrons. The molecule has 0 aliphatic heterocycles. The van der Waals surface area contributed by atoms with E-state index in [0.717, 1.165) is 5.69 Å². The summed E-state index contributed by atoms with van der Waals surface area (Å²) in [5.74, 6) is 0.489. The topological polar surface area (TPSA) is 98.5 Å². The van der Waals surface area contributed by atoms with Gasteiger partial charge >= 0.3 is 0 Å². The van der Waals surface area contributed by atoms with Gasteiger partial charge in [0.1, 0.15) is 17.2 Å². The summed E-state index contributed by atoms with van der Waals surface area (Å²) in [6.07, 6.45) is 6.44. The minimum atomic E-state index is -0.335. The fraction of sp³-hybridized carbons (Fsp3) is 0.0526. The van der Waals surface area contributed by atoms with Crippen molar-refractivity contribution < 1.29 is 4.79 Å². The average Bonchev–Trinajstić information content (AvgIpc) is 3.19. The quantitative estimate of drug-likeness (QED) is 0.603. The zero-order chi connectivity index (χ0) is 18.6. The molecule has 4 heterocycles. The van der Waals surface area contributed by atoms with E-state index in [4.69, 9.17) is 0 Å². The van der Waals surface area contributed by atoms with Gasteiger partial charge in [-0.15, -0.1) is 0 Å². The molecule has 4 rings (SSSR count). The molecule has 0 saturated heterocycles. The van der Waals surface area contributed by atoms with Crippen molar-refractivity contribution in [1.82, 2.24) is 29.7 Å². The average molecular weight is 357 g/mol. The third kappa shape index (κ3) is 3.54. The van der Waals surface area contributed by atoms with Crippen molar-refractivity contribution in [2.75, 3.05) is 5.32 Å². The Hall–Kier alpha value is -3.94. The SMILES string of the molecule is Cc1cccc(-c2nccc(NC(=O)c3ccnn3-c3cccnc3)n2)n1. The second-order valence-corrected chi connectivity index (χ2v) is 5.72. The Morgan fingerprint density at radius 2 is 1.93 bits per heavy atom. The fourth-order valence-electron chi connectivity index (χ4n) is 2.56. The highest BCUT2D eigenvalue weighted by Crippen LogP contribution is 2.15. The van der Waals surface area contributed by atoms with Crippen molar-refractivity contribution >= 4 is 11.7 Å². The molecule has 0 radical (unpaired) electrons. The van der Waals surface area contributed by atoms with E-state index in [2.05, 4.69) is 30.4 Å². The summed E-state index contributed by atoms with van der Waals surface area (Å²) >= 11 is 0. The number of amides is 1. The van der Waals surface area contributed by atoms with Crippen LogP contribution in [0.2, 0.25) is 0 Å². The molecule has 4 aromatic heterocycles. The number of aryl methyl sites for hydroxylation is 1. The van der Waals surface area contributed by atoms with Gasteiger partial charge in [0.2, 0.25) is 0 Å². The lowest BCUT2D eigenvalue weighted by Gasteiger charge is -2.08. The Morgan fingerprint density at radius 1 is 1.00 bits per heavy atom. The van der Waals surface area contributed by atoms with Crippen LogP contribution in [0.15, 0.2) is 67.3 Å². The molecule has 0 aliphatic rings. The smallest absolute Gasteiger partial charge is 0.275 e. The highest BCUT2D eigenvalue weighted by atomic mass is 16.2. The molecule has 27 heavy (non-hydrogen) atoms. The highest BCUT2D eigenvalue weighted by Gasteiger charge is 2.15. The Kier molecular flexibility index (Phi) is 4.36. The predicted octanol–water partition coefficient (Wildman–Crippen LogP) is 2.68. The summed E-state index contributed by atoms with van der Waals surface area (Å²) in [7, 11) is 0. The van der Waals surface area contributed by atoms with Crippen molar-refractivity contribution in [3.63, 3.8) is 0 Å². The van der Waals surface area contributed by atoms with Crippen molar-refractivity contribution in [2.24, 2.45) is 0 Å². The monoisotopic (exact) mass is 357 g/mol. The summed E-state index contributed by atoms with van der Waals surface area (Å²) in [5, 5.41) is 6.98. The number of nitrogens with one attached hydrogen (secondary N) is 1. The van der Waals surface area contributed by atoms with Gasteiger partial charge in [-0.2, -0.15) is 5.10 Å². The molecule has 0 spiro atoms. The third-order valence-electron chi connectivity index (χ3n) is 3.78. The maximum Gasteiger partial charge on any atom is 0.275 e. The number of aromatic nitrogens is 6. The summed E-state index contributed by atoms with van der Waals surface area (Å²) < 4.78 is 1.52. The van der Waals surface area contributed by atoms with Crippen LogP contribution in [0.4, 0.5) is 5.82 Å². The molecule has 0 bridgehead atoms. The van der Waals surface area contributed by atoms with Crippen LogP contribution < -0.4 is 5.32 Å². The van der Waals surface area contributed by atoms with E-state index in [0.29, 0.717) is 28.7 Å². The Morgan fingerprint density at radius 3 is 2.74 bits per heavy atom. The standard InChI is InChI=1S/C19H15N7O/c1-13-4-2-6-15(23-13)18-21-10-8-17(24-18)25-19(27)16-7-11-22-26(16)14-5-3-9-20-12-14/h2-12H,1H3,(H,21,24,25,27). The van der Waals surface area contributed by atoms with Crippen LogP contribution >= 0.6 is 0 Å². The predicted molar refractivity (Wildman–Crippen MR) is 99.3 cm³/mol. The summed E-state index contributed by atoms with van der Waals surface area (Å²) in [5.41, 5.74) is 2.58. The zero-order valence-electron chi connectivity index (χ0n) is 14.4. The molecule has 0 unspecified atom stereocenters. The maximum atomic E-state index is 12.7. The number of pyridine rings is 2. The van der Waals surface area contributed by atoms with Gasteiger partial charge in [0.05, 0.1) is 18.1 Å². The van der Waals surface area contributed by atoms with E-state index in [-0.39, 0.29) is 5.91 Å². The van der Waals surface area contributed by atoms with Crippen LogP contribution in [-0.4, -0.2) is 35.6 Å². The van der Waals surface area contributed by atoms with Crippen LogP contribution in [0, 0.1) is 6.92 Å². The first-order valence-electron chi connectivity index (χ1n) is 8.23. The normalized spacial score (nSPS) is 10.6. The second-order valence-electron chi connectivity index (χ2n) is 5.72. The van der Waals surface area contributed by atoms with Gasteiger partial charge in [-0.25, -0.2) is 19.6 Å². The zero-order valence-corrected chi connectivity index (χ0v) is 14.4. The van der Waals surface area contributed by atoms with Crippen LogP contribution in [-0.2, 0) is 0 Å². The van der Waals surface area contributed by atoms with E-state index < -0.39 is 0 Å². The Labute approximate surface area is 155 Å². The van der Waals surface area contributed by atoms with Gasteiger partial charge in [0.15, 0.2) is 5.82 Å². The van der Waals surface area contributed by atoms with Gasteiger partial charge in [-0.1, -0.05) is 6.07 Å². The minimum Gasteiger partial charge on any atom is -0.305 e. The minimum absolute atomic E-state index is 0.335. The van der Waals surface area contributed by atoms with Gasteiger partial charge in [-0.05, 0) is 43.3 Å². The number of carbonyl (C=O) groups is 1. The summed E-state index contributed by atoms with van der Waals surface area (Å²) in [4.78, 5) is 29.8. The van der Waals surface area contributed by atoms with Crippen molar-refractivity contribution in [3.05, 3.63) is 78.6 Å². The van der Waals surface area contributed by atoms with Crippen LogP contribution in [0.1, 0.15) is 16.2 Å². The second kappa shape index (κ2) is 7.12. The largest absolute Gasteiger partial charge is 0.305 e. The summed E-state index contributed by atoms with van der Waals surface area (Å²) in [6.45, 7) is 1.90. The molecule has 0 fully saturated rings. The Balaban J connectivity index is 1.60. The molecule has 0 atom stereocenters. The molecule has 4 aromatic rings. The van der Waals surface area contributed by atoms with E-state index in [1.165, 1.54) is 4.68 Å². The fourth-order valence-corrected chi connectivity index (χ4v) is 2.56. The van der Waals surface area contributed by atoms with Gasteiger partial charge in [-0.3, -0.25) is 9.78 Å². The number of carbonyl (C=O) groups excluding carboxylic acids is 1. The molecule has 0 aliphatic carbocycles. The van der Waals surface area contributed by atoms with Crippen LogP contribution in [0.3, 0.4) is 0 Å². The van der Waals surface area contributed by atoms with E-state index in [1.54, 1.807) is 43.0 Å². The first-order valence-corrected chi connectivity index (χ1v) is 8.23. The number of nitrogens with zero attached hydrogens (tertiary/aromatic N) is 6. The van der Waals surface area contributed by atoms with Crippen molar-refractivity contribution in [3.8, 4) is 17.2 Å². The van der Waals surface area contributed by atoms with E-state index >= 15 is 0 Å². The molecule has 1 N–H and O–H groups in total. The number of anilines is 1. The van der Waals surface area contributed by atoms with Crippen molar-refractivity contribution in [1.29, 1.82) is 0 Å². The molecular formula is C19H15N7O. The number of rotatable bonds is 4. The molecule has 0 aromatic carbocycles. The van der Waals surface area contributed by atoms with Gasteiger partial charge in [0.25, 0.3) is 5.91 Å². The highest BCUT2D eigenvalue weighted by molar-refractivity contribution is 6.02. The molecule has 1 amide bonds. The molecule has 0 saturated carbocycles. The lowest BCUT2D eigenvalue weighted by atomic mass is 10.3. The molecular weight excluding hydrogens is 342 g/mol. The molecule has 8 heteroatoms.